The summed E-state index contributed by atoms with van der Waals surface area (Å²) < 4.78 is 1.79. The van der Waals surface area contributed by atoms with Gasteiger partial charge in [-0.15, -0.1) is 16.4 Å². The maximum absolute atomic E-state index is 5.86. The fraction of sp³-hybridized carbons (Fsp3) is 0.444. The Balaban J connectivity index is 2.07. The molecule has 2 heterocycles. The van der Waals surface area contributed by atoms with Crippen molar-refractivity contribution in [3.63, 3.8) is 0 Å². The normalized spacial score (nSPS) is 12.9. The monoisotopic (exact) mass is 223 g/mol. The molecule has 0 bridgehead atoms. The minimum atomic E-state index is -0.0137. The van der Waals surface area contributed by atoms with E-state index in [1.807, 2.05) is 24.8 Å². The zero-order valence-electron chi connectivity index (χ0n) is 8.50. The third kappa shape index (κ3) is 2.40. The highest BCUT2D eigenvalue weighted by molar-refractivity contribution is 7.09. The van der Waals surface area contributed by atoms with E-state index in [0.29, 0.717) is 6.54 Å². The van der Waals surface area contributed by atoms with Crippen LogP contribution in [0.3, 0.4) is 0 Å². The van der Waals surface area contributed by atoms with Gasteiger partial charge in [0, 0.05) is 11.1 Å². The maximum Gasteiger partial charge on any atom is 0.0994 e. The second-order valence-electron chi connectivity index (χ2n) is 3.32. The van der Waals surface area contributed by atoms with Gasteiger partial charge in [0.2, 0.25) is 0 Å². The molecular weight excluding hydrogens is 210 g/mol. The molecule has 0 aliphatic heterocycles. The van der Waals surface area contributed by atoms with E-state index in [2.05, 4.69) is 15.3 Å². The van der Waals surface area contributed by atoms with Gasteiger partial charge in [-0.25, -0.2) is 4.68 Å². The molecule has 0 spiro atoms. The Morgan fingerprint density at radius 1 is 1.60 bits per heavy atom. The first kappa shape index (κ1) is 10.3. The van der Waals surface area contributed by atoms with Crippen molar-refractivity contribution in [2.75, 3.05) is 0 Å². The van der Waals surface area contributed by atoms with Crippen LogP contribution in [0.4, 0.5) is 0 Å². The first-order valence-corrected chi connectivity index (χ1v) is 5.70. The van der Waals surface area contributed by atoms with Crippen molar-refractivity contribution in [1.29, 1.82) is 0 Å². The summed E-state index contributed by atoms with van der Waals surface area (Å²) >= 11 is 1.61. The Bertz CT molecular complexity index is 408. The number of nitrogens with two attached hydrogens (primary N) is 1. The summed E-state index contributed by atoms with van der Waals surface area (Å²) in [6.07, 6.45) is 4.61. The highest BCUT2D eigenvalue weighted by atomic mass is 32.1. The van der Waals surface area contributed by atoms with E-state index in [1.165, 1.54) is 0 Å². The van der Waals surface area contributed by atoms with Crippen LogP contribution in [0.2, 0.25) is 0 Å². The predicted octanol–water partition coefficient (Wildman–Crippen LogP) is 1.19. The summed E-state index contributed by atoms with van der Waals surface area (Å²) in [7, 11) is 0. The molecule has 0 aliphatic carbocycles. The van der Waals surface area contributed by atoms with Crippen molar-refractivity contribution in [2.24, 2.45) is 5.73 Å². The van der Waals surface area contributed by atoms with Crippen LogP contribution >= 0.6 is 11.3 Å². The van der Waals surface area contributed by atoms with Crippen molar-refractivity contribution in [3.05, 3.63) is 28.5 Å². The lowest BCUT2D eigenvalue weighted by atomic mass is 10.2. The van der Waals surface area contributed by atoms with E-state index >= 15 is 0 Å². The summed E-state index contributed by atoms with van der Waals surface area (Å²) in [5.41, 5.74) is 8.51. The molecule has 2 N–H and O–H groups in total. The molecule has 0 saturated carbocycles. The van der Waals surface area contributed by atoms with Gasteiger partial charge in [0.1, 0.15) is 0 Å². The topological polar surface area (TPSA) is 69.6 Å². The lowest BCUT2D eigenvalue weighted by Gasteiger charge is -2.01. The minimum absolute atomic E-state index is 0.0137. The van der Waals surface area contributed by atoms with Crippen LogP contribution in [-0.4, -0.2) is 20.0 Å². The van der Waals surface area contributed by atoms with Gasteiger partial charge in [-0.05, 0) is 6.42 Å². The summed E-state index contributed by atoms with van der Waals surface area (Å²) in [4.78, 5) is 5.17. The zero-order valence-corrected chi connectivity index (χ0v) is 9.31. The number of rotatable bonds is 4. The van der Waals surface area contributed by atoms with E-state index in [-0.39, 0.29) is 6.04 Å². The lowest BCUT2D eigenvalue weighted by Crippen LogP contribution is -2.08. The Labute approximate surface area is 91.9 Å². The molecule has 80 valence electrons. The standard InChI is InChI=1S/C9H13N5S/c1-2-8(10)9-5-14(13-12-9)4-7-3-11-6-15-7/h3,5-6,8H,2,4,10H2,1H3. The molecule has 0 aromatic carbocycles. The SMILES string of the molecule is CCC(N)c1cn(Cc2cncs2)nn1. The highest BCUT2D eigenvalue weighted by Gasteiger charge is 2.08. The Kier molecular flexibility index (Phi) is 3.08. The van der Waals surface area contributed by atoms with E-state index in [1.54, 1.807) is 16.0 Å². The summed E-state index contributed by atoms with van der Waals surface area (Å²) in [5.74, 6) is 0. The molecule has 2 aromatic heterocycles. The van der Waals surface area contributed by atoms with Gasteiger partial charge in [0.05, 0.1) is 30.0 Å². The molecule has 15 heavy (non-hydrogen) atoms. The molecule has 0 fully saturated rings. The first-order chi connectivity index (χ1) is 7.29. The molecule has 1 atom stereocenters. The predicted molar refractivity (Wildman–Crippen MR) is 58.5 cm³/mol. The maximum atomic E-state index is 5.86. The summed E-state index contributed by atoms with van der Waals surface area (Å²) in [5, 5.41) is 8.07. The third-order valence-corrected chi connectivity index (χ3v) is 2.94. The number of hydrogen-bond acceptors (Lipinski definition) is 5. The van der Waals surface area contributed by atoms with Gasteiger partial charge in [0.25, 0.3) is 0 Å². The van der Waals surface area contributed by atoms with E-state index in [0.717, 1.165) is 17.0 Å². The van der Waals surface area contributed by atoms with Crippen LogP contribution in [0.5, 0.6) is 0 Å². The Morgan fingerprint density at radius 2 is 2.47 bits per heavy atom. The molecule has 5 nitrogen and oxygen atoms in total. The average Bonchev–Trinajstić information content (AvgIpc) is 2.88. The number of aromatic nitrogens is 4. The lowest BCUT2D eigenvalue weighted by molar-refractivity contribution is 0.648. The first-order valence-electron chi connectivity index (χ1n) is 4.82. The fourth-order valence-corrected chi connectivity index (χ4v) is 1.84. The molecule has 2 rings (SSSR count). The molecular formula is C9H13N5S. The van der Waals surface area contributed by atoms with Gasteiger partial charge in [-0.3, -0.25) is 4.98 Å². The quantitative estimate of drug-likeness (QED) is 0.845. The van der Waals surface area contributed by atoms with Crippen molar-refractivity contribution < 1.29 is 0 Å². The Morgan fingerprint density at radius 3 is 3.13 bits per heavy atom. The molecule has 0 saturated heterocycles. The summed E-state index contributed by atoms with van der Waals surface area (Å²) in [6.45, 7) is 2.75. The highest BCUT2D eigenvalue weighted by Crippen LogP contribution is 2.11. The fourth-order valence-electron chi connectivity index (χ4n) is 1.25. The van der Waals surface area contributed by atoms with Crippen LogP contribution in [0, 0.1) is 0 Å². The van der Waals surface area contributed by atoms with Crippen molar-refractivity contribution in [1.82, 2.24) is 20.0 Å². The van der Waals surface area contributed by atoms with Gasteiger partial charge < -0.3 is 5.73 Å². The van der Waals surface area contributed by atoms with Gasteiger partial charge in [-0.2, -0.15) is 0 Å². The van der Waals surface area contributed by atoms with Crippen molar-refractivity contribution in [2.45, 2.75) is 25.9 Å². The van der Waals surface area contributed by atoms with Crippen molar-refractivity contribution in [3.8, 4) is 0 Å². The van der Waals surface area contributed by atoms with Crippen LogP contribution in [0.1, 0.15) is 30.0 Å². The number of hydrogen-bond donors (Lipinski definition) is 1. The van der Waals surface area contributed by atoms with Gasteiger partial charge in [-0.1, -0.05) is 12.1 Å². The number of thiazole rings is 1. The van der Waals surface area contributed by atoms with Crippen LogP contribution in [0.15, 0.2) is 17.9 Å². The molecule has 0 radical (unpaired) electrons. The number of nitrogens with zero attached hydrogens (tertiary/aromatic N) is 4. The minimum Gasteiger partial charge on any atom is -0.323 e. The van der Waals surface area contributed by atoms with Crippen molar-refractivity contribution >= 4 is 11.3 Å². The van der Waals surface area contributed by atoms with Crippen LogP contribution < -0.4 is 5.73 Å². The zero-order chi connectivity index (χ0) is 10.7. The van der Waals surface area contributed by atoms with Gasteiger partial charge in [0.15, 0.2) is 0 Å². The third-order valence-electron chi connectivity index (χ3n) is 2.18. The average molecular weight is 223 g/mol. The molecule has 2 aromatic rings. The van der Waals surface area contributed by atoms with E-state index in [9.17, 15) is 0 Å². The van der Waals surface area contributed by atoms with E-state index < -0.39 is 0 Å². The molecule has 1 unspecified atom stereocenters. The summed E-state index contributed by atoms with van der Waals surface area (Å²) in [6, 6.07) is -0.0137. The smallest absolute Gasteiger partial charge is 0.0994 e. The Hall–Kier alpha value is -1.27. The second kappa shape index (κ2) is 4.50. The van der Waals surface area contributed by atoms with E-state index in [4.69, 9.17) is 5.73 Å². The second-order valence-corrected chi connectivity index (χ2v) is 4.29. The largest absolute Gasteiger partial charge is 0.323 e. The van der Waals surface area contributed by atoms with Gasteiger partial charge >= 0.3 is 0 Å². The molecule has 0 amide bonds. The molecule has 6 heteroatoms. The van der Waals surface area contributed by atoms with Crippen LogP contribution in [0.25, 0.3) is 0 Å². The molecule has 0 aliphatic rings. The van der Waals surface area contributed by atoms with Crippen LogP contribution in [-0.2, 0) is 6.54 Å².